The quantitative estimate of drug-likeness (QED) is 0.259. The minimum atomic E-state index is -2.60. The molecule has 0 aliphatic heterocycles. The first-order valence-corrected chi connectivity index (χ1v) is 12.9. The molecule has 4 N–H and O–H groups in total. The van der Waals surface area contributed by atoms with Crippen molar-refractivity contribution in [2.75, 3.05) is 7.11 Å². The Morgan fingerprint density at radius 2 is 1.77 bits per heavy atom. The van der Waals surface area contributed by atoms with Crippen molar-refractivity contribution in [2.45, 2.75) is 59.0 Å². The van der Waals surface area contributed by atoms with Crippen molar-refractivity contribution >= 4 is 29.1 Å². The van der Waals surface area contributed by atoms with E-state index in [1.54, 1.807) is 19.9 Å². The molecule has 9 nitrogen and oxygen atoms in total. The molecule has 9 heteroatoms. The van der Waals surface area contributed by atoms with Gasteiger partial charge in [0.15, 0.2) is 17.2 Å². The second-order valence-electron chi connectivity index (χ2n) is 11.1. The van der Waals surface area contributed by atoms with Gasteiger partial charge in [0.1, 0.15) is 22.8 Å². The molecule has 1 aromatic rings. The minimum absolute atomic E-state index is 0.0399. The molecular weight excluding hydrogens is 504 g/mol. The first kappa shape index (κ1) is 28.1. The van der Waals surface area contributed by atoms with Crippen LogP contribution in [0.25, 0.3) is 5.76 Å². The summed E-state index contributed by atoms with van der Waals surface area (Å²) in [5.74, 6) is -3.45. The number of rotatable bonds is 3. The Hall–Kier alpha value is -3.90. The Balaban J connectivity index is 2.00. The number of hydrogen-bond acceptors (Lipinski definition) is 9. The number of Topliss-reactive ketones (excluding diaryl/α,β-unsaturated/α-hetero) is 3. The number of hydrogen-bond donors (Lipinski definition) is 4. The van der Waals surface area contributed by atoms with Crippen LogP contribution in [0.4, 0.5) is 0 Å². The maximum atomic E-state index is 14.0. The number of phenolic OH excluding ortho intramolecular Hbond substituents is 1. The highest BCUT2D eigenvalue weighted by atomic mass is 16.5. The zero-order chi connectivity index (χ0) is 29.1. The van der Waals surface area contributed by atoms with E-state index in [1.165, 1.54) is 0 Å². The van der Waals surface area contributed by atoms with E-state index >= 15 is 0 Å². The summed E-state index contributed by atoms with van der Waals surface area (Å²) < 4.78 is 4.54. The molecule has 0 bridgehead atoms. The van der Waals surface area contributed by atoms with Gasteiger partial charge in [0, 0.05) is 23.3 Å². The van der Waals surface area contributed by atoms with E-state index in [4.69, 9.17) is 0 Å². The lowest BCUT2D eigenvalue weighted by atomic mass is 9.54. The Bertz CT molecular complexity index is 1450. The number of phenols is 1. The number of benzene rings is 1. The summed E-state index contributed by atoms with van der Waals surface area (Å²) in [7, 11) is 1.16. The van der Waals surface area contributed by atoms with Crippen molar-refractivity contribution in [1.29, 1.82) is 0 Å². The molecule has 0 aromatic heterocycles. The van der Waals surface area contributed by atoms with Crippen molar-refractivity contribution in [2.24, 2.45) is 23.7 Å². The van der Waals surface area contributed by atoms with Crippen LogP contribution in [-0.4, -0.2) is 56.5 Å². The molecule has 4 rings (SSSR count). The number of ether oxygens (including phenoxy) is 1. The molecule has 1 fully saturated rings. The van der Waals surface area contributed by atoms with E-state index in [0.29, 0.717) is 5.56 Å². The van der Waals surface area contributed by atoms with Crippen molar-refractivity contribution in [1.82, 2.24) is 0 Å². The summed E-state index contributed by atoms with van der Waals surface area (Å²) in [5, 5.41) is 45.4. The zero-order valence-electron chi connectivity index (χ0n) is 22.7. The standard InChI is InChI=1S/C30H32O9/c1-12(2)17-9-15(7-8-20(32)39-6)25(33)24-18(17)10-16-11-19-21(13(3)4)26(34)22(14(5)31)28(36)30(19,38)29(37)23(16)27(24)35/h9,12-13,16,19,21,33,35-36,38H,10-11H2,1-6H3/t16-,19-,21?,30+/m0/s1. The number of methoxy groups -OCH3 is 1. The third-order valence-electron chi connectivity index (χ3n) is 8.22. The van der Waals surface area contributed by atoms with Gasteiger partial charge in [-0.2, -0.15) is 0 Å². The van der Waals surface area contributed by atoms with Gasteiger partial charge in [-0.25, -0.2) is 4.79 Å². The van der Waals surface area contributed by atoms with Crippen LogP contribution < -0.4 is 0 Å². The normalized spacial score (nSPS) is 26.1. The van der Waals surface area contributed by atoms with Crippen LogP contribution in [-0.2, 0) is 30.3 Å². The summed E-state index contributed by atoms with van der Waals surface area (Å²) in [4.78, 5) is 51.2. The summed E-state index contributed by atoms with van der Waals surface area (Å²) in [5.41, 5.74) is -2.09. The summed E-state index contributed by atoms with van der Waals surface area (Å²) in [6.45, 7) is 8.39. The number of allylic oxidation sites excluding steroid dienone is 1. The van der Waals surface area contributed by atoms with Gasteiger partial charge in [-0.3, -0.25) is 14.4 Å². The number of esters is 1. The van der Waals surface area contributed by atoms with Gasteiger partial charge in [0.2, 0.25) is 5.78 Å². The number of aromatic hydroxyl groups is 1. The van der Waals surface area contributed by atoms with E-state index in [-0.39, 0.29) is 41.4 Å². The molecule has 3 aliphatic carbocycles. The molecule has 1 aromatic carbocycles. The lowest BCUT2D eigenvalue weighted by molar-refractivity contribution is -0.155. The number of aliphatic hydroxyl groups excluding tert-OH is 2. The number of ketones is 3. The Kier molecular flexibility index (Phi) is 6.98. The highest BCUT2D eigenvalue weighted by Gasteiger charge is 2.63. The largest absolute Gasteiger partial charge is 0.508 e. The highest BCUT2D eigenvalue weighted by molar-refractivity contribution is 6.24. The Morgan fingerprint density at radius 3 is 2.31 bits per heavy atom. The number of carbonyl (C=O) groups excluding carboxylic acids is 4. The van der Waals surface area contributed by atoms with E-state index in [1.807, 2.05) is 13.8 Å². The van der Waals surface area contributed by atoms with Gasteiger partial charge in [0.25, 0.3) is 0 Å². The number of fused-ring (bicyclic) bond motifs is 3. The average Bonchev–Trinajstić information content (AvgIpc) is 2.84. The molecule has 4 atom stereocenters. The van der Waals surface area contributed by atoms with Crippen LogP contribution in [0.15, 0.2) is 23.0 Å². The highest BCUT2D eigenvalue weighted by Crippen LogP contribution is 2.55. The maximum Gasteiger partial charge on any atom is 0.384 e. The van der Waals surface area contributed by atoms with Crippen LogP contribution in [0.2, 0.25) is 0 Å². The molecule has 39 heavy (non-hydrogen) atoms. The van der Waals surface area contributed by atoms with Gasteiger partial charge < -0.3 is 25.2 Å². The third-order valence-corrected chi connectivity index (χ3v) is 8.22. The third kappa shape index (κ3) is 4.05. The van der Waals surface area contributed by atoms with Crippen LogP contribution >= 0.6 is 0 Å². The van der Waals surface area contributed by atoms with E-state index in [2.05, 4.69) is 16.6 Å². The van der Waals surface area contributed by atoms with Crippen molar-refractivity contribution in [3.63, 3.8) is 0 Å². The molecule has 206 valence electrons. The Labute approximate surface area is 226 Å². The molecule has 0 heterocycles. The molecule has 1 unspecified atom stereocenters. The molecule has 0 spiro atoms. The first-order chi connectivity index (χ1) is 18.2. The summed E-state index contributed by atoms with van der Waals surface area (Å²) >= 11 is 0. The minimum Gasteiger partial charge on any atom is -0.508 e. The van der Waals surface area contributed by atoms with E-state index in [0.717, 1.165) is 19.6 Å². The Morgan fingerprint density at radius 1 is 1.13 bits per heavy atom. The van der Waals surface area contributed by atoms with Crippen molar-refractivity contribution in [3.05, 3.63) is 45.2 Å². The average molecular weight is 537 g/mol. The fourth-order valence-electron chi connectivity index (χ4n) is 6.46. The maximum absolute atomic E-state index is 14.0. The fraction of sp³-hybridized carbons (Fsp3) is 0.467. The van der Waals surface area contributed by atoms with Crippen LogP contribution in [0, 0.1) is 35.5 Å². The summed E-state index contributed by atoms with van der Waals surface area (Å²) in [6, 6.07) is 1.63. The van der Waals surface area contributed by atoms with Crippen LogP contribution in [0.3, 0.4) is 0 Å². The first-order valence-electron chi connectivity index (χ1n) is 12.9. The smallest absolute Gasteiger partial charge is 0.384 e. The van der Waals surface area contributed by atoms with Gasteiger partial charge >= 0.3 is 5.97 Å². The predicted octanol–water partition coefficient (Wildman–Crippen LogP) is 3.06. The number of aliphatic hydroxyl groups is 3. The van der Waals surface area contributed by atoms with Crippen LogP contribution in [0.1, 0.15) is 69.2 Å². The van der Waals surface area contributed by atoms with Gasteiger partial charge in [-0.1, -0.05) is 33.6 Å². The van der Waals surface area contributed by atoms with E-state index in [9.17, 15) is 39.6 Å². The molecule has 0 saturated heterocycles. The lowest BCUT2D eigenvalue weighted by Crippen LogP contribution is -2.61. The second-order valence-corrected chi connectivity index (χ2v) is 11.1. The molecule has 0 radical (unpaired) electrons. The van der Waals surface area contributed by atoms with Gasteiger partial charge in [-0.05, 0) is 54.7 Å². The van der Waals surface area contributed by atoms with Crippen molar-refractivity contribution < 1.29 is 44.3 Å². The van der Waals surface area contributed by atoms with Gasteiger partial charge in [0.05, 0.1) is 18.2 Å². The topological polar surface area (TPSA) is 158 Å². The van der Waals surface area contributed by atoms with Gasteiger partial charge in [-0.15, -0.1) is 0 Å². The molecular formula is C30H32O9. The van der Waals surface area contributed by atoms with Crippen LogP contribution in [0.5, 0.6) is 5.75 Å². The van der Waals surface area contributed by atoms with E-state index < -0.39 is 69.5 Å². The SMILES string of the molecule is COC(=O)C#Cc1cc(C(C)C)c2c(c1O)C(O)=C1C(=O)[C@]3(O)C(O)=C(C(C)=O)C(=O)C(C(C)C)[C@@H]3C[C@@H]1C2. The second kappa shape index (κ2) is 9.69. The fourth-order valence-corrected chi connectivity index (χ4v) is 6.46. The molecule has 3 aliphatic rings. The molecule has 1 saturated carbocycles. The predicted molar refractivity (Wildman–Crippen MR) is 140 cm³/mol. The monoisotopic (exact) mass is 536 g/mol. The molecule has 0 amide bonds. The van der Waals surface area contributed by atoms with Crippen molar-refractivity contribution in [3.8, 4) is 17.6 Å². The summed E-state index contributed by atoms with van der Waals surface area (Å²) in [6.07, 6.45) is 0.287. The lowest BCUT2D eigenvalue weighted by Gasteiger charge is -2.50. The number of carbonyl (C=O) groups is 4. The zero-order valence-corrected chi connectivity index (χ0v) is 22.7.